The average Bonchev–Trinajstić information content (AvgIpc) is 2.33. The van der Waals surface area contributed by atoms with Crippen LogP contribution >= 0.6 is 15.9 Å². The molecule has 1 aromatic heterocycles. The van der Waals surface area contributed by atoms with Crippen LogP contribution in [0.4, 0.5) is 10.1 Å². The number of pyridine rings is 1. The Labute approximate surface area is 108 Å². The number of aromatic nitrogens is 1. The second-order valence-electron chi connectivity index (χ2n) is 3.80. The van der Waals surface area contributed by atoms with E-state index in [0.29, 0.717) is 6.54 Å². The first-order chi connectivity index (χ1) is 8.15. The normalized spacial score (nSPS) is 10.3. The summed E-state index contributed by atoms with van der Waals surface area (Å²) < 4.78 is 13.7. The zero-order valence-corrected chi connectivity index (χ0v) is 11.0. The average molecular weight is 295 g/mol. The van der Waals surface area contributed by atoms with E-state index < -0.39 is 0 Å². The molecule has 0 saturated heterocycles. The molecule has 0 saturated carbocycles. The lowest BCUT2D eigenvalue weighted by atomic mass is 10.2. The van der Waals surface area contributed by atoms with Crippen molar-refractivity contribution in [3.05, 3.63) is 58.6 Å². The number of rotatable bonds is 3. The zero-order chi connectivity index (χ0) is 12.3. The van der Waals surface area contributed by atoms with Crippen molar-refractivity contribution in [2.24, 2.45) is 0 Å². The summed E-state index contributed by atoms with van der Waals surface area (Å²) in [6.07, 6.45) is 1.77. The maximum Gasteiger partial charge on any atom is 0.123 e. The first kappa shape index (κ1) is 12.0. The minimum absolute atomic E-state index is 0.219. The highest BCUT2D eigenvalue weighted by Crippen LogP contribution is 2.16. The summed E-state index contributed by atoms with van der Waals surface area (Å²) in [6, 6.07) is 10.4. The number of hydrogen-bond acceptors (Lipinski definition) is 2. The predicted molar refractivity (Wildman–Crippen MR) is 70.4 cm³/mol. The van der Waals surface area contributed by atoms with E-state index in [2.05, 4.69) is 20.9 Å². The molecule has 0 amide bonds. The van der Waals surface area contributed by atoms with Crippen LogP contribution in [0.25, 0.3) is 0 Å². The Morgan fingerprint density at radius 2 is 1.88 bits per heavy atom. The summed E-state index contributed by atoms with van der Waals surface area (Å²) in [5, 5.41) is 0. The summed E-state index contributed by atoms with van der Waals surface area (Å²) in [5.41, 5.74) is 1.94. The van der Waals surface area contributed by atoms with E-state index in [-0.39, 0.29) is 5.82 Å². The number of anilines is 1. The van der Waals surface area contributed by atoms with Crippen molar-refractivity contribution in [2.75, 3.05) is 11.9 Å². The molecule has 2 rings (SSSR count). The van der Waals surface area contributed by atoms with Gasteiger partial charge in [0.2, 0.25) is 0 Å². The molecule has 1 aromatic carbocycles. The quantitative estimate of drug-likeness (QED) is 0.859. The molecule has 0 fully saturated rings. The number of benzene rings is 1. The lowest BCUT2D eigenvalue weighted by molar-refractivity contribution is 0.627. The van der Waals surface area contributed by atoms with Crippen LogP contribution in [-0.4, -0.2) is 12.0 Å². The molecule has 0 bridgehead atoms. The molecule has 0 spiro atoms. The molecule has 0 N–H and O–H groups in total. The Morgan fingerprint density at radius 1 is 1.18 bits per heavy atom. The topological polar surface area (TPSA) is 16.1 Å². The minimum atomic E-state index is -0.219. The Balaban J connectivity index is 2.08. The highest BCUT2D eigenvalue weighted by molar-refractivity contribution is 9.10. The Bertz CT molecular complexity index is 482. The van der Waals surface area contributed by atoms with Crippen LogP contribution in [-0.2, 0) is 6.54 Å². The molecule has 0 radical (unpaired) electrons. The van der Waals surface area contributed by atoms with Gasteiger partial charge in [-0.2, -0.15) is 0 Å². The molecule has 17 heavy (non-hydrogen) atoms. The Kier molecular flexibility index (Phi) is 3.74. The van der Waals surface area contributed by atoms with Gasteiger partial charge < -0.3 is 4.90 Å². The number of nitrogens with zero attached hydrogens (tertiary/aromatic N) is 2. The third-order valence-electron chi connectivity index (χ3n) is 2.46. The van der Waals surface area contributed by atoms with Gasteiger partial charge in [0, 0.05) is 23.4 Å². The Morgan fingerprint density at radius 3 is 2.47 bits per heavy atom. The first-order valence-electron chi connectivity index (χ1n) is 5.22. The van der Waals surface area contributed by atoms with Crippen LogP contribution < -0.4 is 4.90 Å². The standard InChI is InChI=1S/C13H12BrFN2/c1-17(13-6-3-11(15)4-7-13)9-12-5-2-10(14)8-16-12/h2-8H,9H2,1H3. The number of halogens is 2. The second-order valence-corrected chi connectivity index (χ2v) is 4.72. The summed E-state index contributed by atoms with van der Waals surface area (Å²) in [5.74, 6) is -0.219. The van der Waals surface area contributed by atoms with Crippen molar-refractivity contribution in [3.8, 4) is 0 Å². The van der Waals surface area contributed by atoms with Gasteiger partial charge in [-0.15, -0.1) is 0 Å². The molecule has 4 heteroatoms. The van der Waals surface area contributed by atoms with Crippen molar-refractivity contribution >= 4 is 21.6 Å². The smallest absolute Gasteiger partial charge is 0.123 e. The SMILES string of the molecule is CN(Cc1ccc(Br)cn1)c1ccc(F)cc1. The fourth-order valence-corrected chi connectivity index (χ4v) is 1.76. The molecule has 1 heterocycles. The van der Waals surface area contributed by atoms with Gasteiger partial charge in [-0.3, -0.25) is 4.98 Å². The van der Waals surface area contributed by atoms with Crippen molar-refractivity contribution in [1.82, 2.24) is 4.98 Å². The molecule has 2 aromatic rings. The molecular weight excluding hydrogens is 283 g/mol. The minimum Gasteiger partial charge on any atom is -0.369 e. The molecule has 0 aliphatic heterocycles. The van der Waals surface area contributed by atoms with Gasteiger partial charge in [0.15, 0.2) is 0 Å². The van der Waals surface area contributed by atoms with Crippen molar-refractivity contribution in [3.63, 3.8) is 0 Å². The monoisotopic (exact) mass is 294 g/mol. The van der Waals surface area contributed by atoms with Crippen LogP contribution in [0.2, 0.25) is 0 Å². The fraction of sp³-hybridized carbons (Fsp3) is 0.154. The molecular formula is C13H12BrFN2. The van der Waals surface area contributed by atoms with Crippen molar-refractivity contribution in [1.29, 1.82) is 0 Å². The summed E-state index contributed by atoms with van der Waals surface area (Å²) in [7, 11) is 1.96. The number of hydrogen-bond donors (Lipinski definition) is 0. The van der Waals surface area contributed by atoms with Crippen LogP contribution in [0.15, 0.2) is 47.1 Å². The fourth-order valence-electron chi connectivity index (χ4n) is 1.53. The van der Waals surface area contributed by atoms with E-state index in [9.17, 15) is 4.39 Å². The maximum atomic E-state index is 12.8. The van der Waals surface area contributed by atoms with Gasteiger partial charge >= 0.3 is 0 Å². The molecule has 0 aliphatic carbocycles. The summed E-state index contributed by atoms with van der Waals surface area (Å²) >= 11 is 3.35. The lowest BCUT2D eigenvalue weighted by Gasteiger charge is -2.18. The first-order valence-corrected chi connectivity index (χ1v) is 6.01. The summed E-state index contributed by atoms with van der Waals surface area (Å²) in [6.45, 7) is 0.693. The van der Waals surface area contributed by atoms with Crippen LogP contribution in [0.3, 0.4) is 0 Å². The van der Waals surface area contributed by atoms with Gasteiger partial charge in [-0.25, -0.2) is 4.39 Å². The highest BCUT2D eigenvalue weighted by atomic mass is 79.9. The molecule has 88 valence electrons. The third-order valence-corrected chi connectivity index (χ3v) is 2.92. The molecule has 0 atom stereocenters. The van der Waals surface area contributed by atoms with E-state index in [1.165, 1.54) is 12.1 Å². The summed E-state index contributed by atoms with van der Waals surface area (Å²) in [4.78, 5) is 6.32. The molecule has 0 unspecified atom stereocenters. The van der Waals surface area contributed by atoms with Crippen molar-refractivity contribution < 1.29 is 4.39 Å². The van der Waals surface area contributed by atoms with E-state index in [4.69, 9.17) is 0 Å². The van der Waals surface area contributed by atoms with Crippen LogP contribution in [0.5, 0.6) is 0 Å². The van der Waals surface area contributed by atoms with Crippen molar-refractivity contribution in [2.45, 2.75) is 6.54 Å². The van der Waals surface area contributed by atoms with Crippen LogP contribution in [0.1, 0.15) is 5.69 Å². The van der Waals surface area contributed by atoms with E-state index in [1.54, 1.807) is 18.3 Å². The molecule has 2 nitrogen and oxygen atoms in total. The van der Waals surface area contributed by atoms with Gasteiger partial charge in [0.25, 0.3) is 0 Å². The third kappa shape index (κ3) is 3.27. The second kappa shape index (κ2) is 5.27. The molecule has 0 aliphatic rings. The predicted octanol–water partition coefficient (Wildman–Crippen LogP) is 3.62. The van der Waals surface area contributed by atoms with E-state index >= 15 is 0 Å². The highest BCUT2D eigenvalue weighted by Gasteiger charge is 2.03. The van der Waals surface area contributed by atoms with Gasteiger partial charge in [0.05, 0.1) is 12.2 Å². The van der Waals surface area contributed by atoms with Gasteiger partial charge in [-0.1, -0.05) is 0 Å². The maximum absolute atomic E-state index is 12.8. The van der Waals surface area contributed by atoms with Crippen LogP contribution in [0, 0.1) is 5.82 Å². The van der Waals surface area contributed by atoms with E-state index in [1.807, 2.05) is 24.1 Å². The zero-order valence-electron chi connectivity index (χ0n) is 9.40. The Hall–Kier alpha value is -1.42. The largest absolute Gasteiger partial charge is 0.369 e. The van der Waals surface area contributed by atoms with E-state index in [0.717, 1.165) is 15.9 Å². The van der Waals surface area contributed by atoms with Gasteiger partial charge in [0.1, 0.15) is 5.82 Å². The van der Waals surface area contributed by atoms with Gasteiger partial charge in [-0.05, 0) is 52.3 Å². The lowest BCUT2D eigenvalue weighted by Crippen LogP contribution is -2.17.